The number of allylic oxidation sites excluding steroid dienone is 1. The Hall–Kier alpha value is -3.54. The number of halogens is 1. The third-order valence-corrected chi connectivity index (χ3v) is 6.47. The second-order valence-corrected chi connectivity index (χ2v) is 8.89. The molecule has 4 aromatic rings. The zero-order valence-electron chi connectivity index (χ0n) is 18.0. The normalized spacial score (nSPS) is 16.5. The number of hydrogen-bond donors (Lipinski definition) is 0. The standard InChI is InChI=1S/C27H21ClN2O3/c1-29-14-18(20-4-2-3-5-23(20)29)12-25-26(31)21-10-11-24-22(27(21)33-25)15-30(16-32-24)13-17-6-8-19(28)9-7-17/h2-12,14H,13,15-16H2,1H3/b25-12-. The third-order valence-electron chi connectivity index (χ3n) is 6.22. The molecule has 0 saturated heterocycles. The summed E-state index contributed by atoms with van der Waals surface area (Å²) in [6.45, 7) is 1.82. The van der Waals surface area contributed by atoms with Crippen LogP contribution in [-0.2, 0) is 20.1 Å². The summed E-state index contributed by atoms with van der Waals surface area (Å²) >= 11 is 6.01. The van der Waals surface area contributed by atoms with Gasteiger partial charge in [-0.05, 0) is 42.0 Å². The summed E-state index contributed by atoms with van der Waals surface area (Å²) in [6.07, 6.45) is 3.86. The molecule has 2 aliphatic heterocycles. The van der Waals surface area contributed by atoms with Crippen molar-refractivity contribution in [1.82, 2.24) is 9.47 Å². The van der Waals surface area contributed by atoms with Crippen molar-refractivity contribution in [3.05, 3.63) is 99.9 Å². The fourth-order valence-electron chi connectivity index (χ4n) is 4.58. The van der Waals surface area contributed by atoms with Crippen LogP contribution in [0.4, 0.5) is 0 Å². The summed E-state index contributed by atoms with van der Waals surface area (Å²) in [5, 5.41) is 1.80. The molecule has 0 atom stereocenters. The van der Waals surface area contributed by atoms with Gasteiger partial charge in [-0.3, -0.25) is 9.69 Å². The van der Waals surface area contributed by atoms with Crippen molar-refractivity contribution in [2.24, 2.45) is 7.05 Å². The lowest BCUT2D eigenvalue weighted by molar-refractivity contribution is 0.0873. The van der Waals surface area contributed by atoms with Gasteiger partial charge in [0.05, 0.1) is 11.1 Å². The number of hydrogen-bond acceptors (Lipinski definition) is 4. The van der Waals surface area contributed by atoms with Crippen molar-refractivity contribution >= 4 is 34.4 Å². The van der Waals surface area contributed by atoms with E-state index in [1.165, 1.54) is 0 Å². The predicted molar refractivity (Wildman–Crippen MR) is 128 cm³/mol. The van der Waals surface area contributed by atoms with Gasteiger partial charge < -0.3 is 14.0 Å². The lowest BCUT2D eigenvalue weighted by Gasteiger charge is -2.29. The van der Waals surface area contributed by atoms with Crippen LogP contribution in [0, 0.1) is 0 Å². The van der Waals surface area contributed by atoms with Crippen LogP contribution in [-0.4, -0.2) is 22.0 Å². The fourth-order valence-corrected chi connectivity index (χ4v) is 4.71. The van der Waals surface area contributed by atoms with E-state index in [1.54, 1.807) is 6.07 Å². The van der Waals surface area contributed by atoms with Gasteiger partial charge in [-0.1, -0.05) is 41.9 Å². The molecule has 0 unspecified atom stereocenters. The van der Waals surface area contributed by atoms with Gasteiger partial charge in [-0.15, -0.1) is 0 Å². The summed E-state index contributed by atoms with van der Waals surface area (Å²) in [5.74, 6) is 1.60. The Balaban J connectivity index is 1.31. The molecule has 164 valence electrons. The summed E-state index contributed by atoms with van der Waals surface area (Å²) in [6, 6.07) is 19.6. The Bertz CT molecular complexity index is 1440. The average Bonchev–Trinajstić information content (AvgIpc) is 3.32. The van der Waals surface area contributed by atoms with E-state index >= 15 is 0 Å². The van der Waals surface area contributed by atoms with E-state index in [4.69, 9.17) is 21.1 Å². The van der Waals surface area contributed by atoms with Gasteiger partial charge in [0.2, 0.25) is 5.78 Å². The number of aromatic nitrogens is 1. The number of fused-ring (bicyclic) bond motifs is 4. The maximum absolute atomic E-state index is 13.2. The summed E-state index contributed by atoms with van der Waals surface area (Å²) < 4.78 is 14.2. The molecule has 2 aliphatic rings. The molecular weight excluding hydrogens is 436 g/mol. The quantitative estimate of drug-likeness (QED) is 0.365. The van der Waals surface area contributed by atoms with Crippen molar-refractivity contribution < 1.29 is 14.3 Å². The summed E-state index contributed by atoms with van der Waals surface area (Å²) in [5.41, 5.74) is 4.70. The lowest BCUT2D eigenvalue weighted by Crippen LogP contribution is -2.31. The molecule has 0 radical (unpaired) electrons. The SMILES string of the molecule is Cn1cc(/C=C2\Oc3c(ccc4c3CN(Cc3ccc(Cl)cc3)CO4)C2=O)c2ccccc21. The second-order valence-electron chi connectivity index (χ2n) is 8.46. The van der Waals surface area contributed by atoms with Crippen molar-refractivity contribution in [2.45, 2.75) is 13.1 Å². The first kappa shape index (κ1) is 20.1. The van der Waals surface area contributed by atoms with E-state index in [0.29, 0.717) is 41.9 Å². The van der Waals surface area contributed by atoms with Crippen LogP contribution in [0.25, 0.3) is 17.0 Å². The number of ether oxygens (including phenoxy) is 2. The molecule has 1 aromatic heterocycles. The first-order valence-electron chi connectivity index (χ1n) is 10.8. The monoisotopic (exact) mass is 456 g/mol. The van der Waals surface area contributed by atoms with Gasteiger partial charge in [0.15, 0.2) is 5.76 Å². The smallest absolute Gasteiger partial charge is 0.231 e. The van der Waals surface area contributed by atoms with Crippen LogP contribution in [0.2, 0.25) is 5.02 Å². The van der Waals surface area contributed by atoms with E-state index in [2.05, 4.69) is 21.6 Å². The number of carbonyl (C=O) groups is 1. The van der Waals surface area contributed by atoms with Gasteiger partial charge in [-0.2, -0.15) is 0 Å². The van der Waals surface area contributed by atoms with Gasteiger partial charge in [0.1, 0.15) is 18.2 Å². The van der Waals surface area contributed by atoms with Crippen molar-refractivity contribution in [2.75, 3.05) is 6.73 Å². The number of nitrogens with zero attached hydrogens (tertiary/aromatic N) is 2. The topological polar surface area (TPSA) is 43.7 Å². The zero-order chi connectivity index (χ0) is 22.5. The molecule has 3 aromatic carbocycles. The zero-order valence-corrected chi connectivity index (χ0v) is 18.8. The Morgan fingerprint density at radius 1 is 1.06 bits per heavy atom. The molecule has 5 nitrogen and oxygen atoms in total. The third kappa shape index (κ3) is 3.50. The first-order chi connectivity index (χ1) is 16.1. The van der Waals surface area contributed by atoms with E-state index in [-0.39, 0.29) is 5.78 Å². The van der Waals surface area contributed by atoms with E-state index in [1.807, 2.05) is 61.8 Å². The molecule has 0 N–H and O–H groups in total. The highest BCUT2D eigenvalue weighted by Gasteiger charge is 2.33. The number of ketones is 1. The lowest BCUT2D eigenvalue weighted by atomic mass is 10.0. The number of Topliss-reactive ketones (excluding diaryl/α,β-unsaturated/α-hetero) is 1. The van der Waals surface area contributed by atoms with Gasteiger partial charge >= 0.3 is 0 Å². The van der Waals surface area contributed by atoms with Crippen LogP contribution in [0.1, 0.15) is 27.0 Å². The minimum Gasteiger partial charge on any atom is -0.478 e. The van der Waals surface area contributed by atoms with E-state index < -0.39 is 0 Å². The van der Waals surface area contributed by atoms with Crippen LogP contribution in [0.15, 0.2) is 72.6 Å². The first-order valence-corrected chi connectivity index (χ1v) is 11.2. The minimum absolute atomic E-state index is 0.101. The maximum Gasteiger partial charge on any atom is 0.231 e. The predicted octanol–water partition coefficient (Wildman–Crippen LogP) is 5.80. The molecule has 0 saturated carbocycles. The Morgan fingerprint density at radius 3 is 2.73 bits per heavy atom. The van der Waals surface area contributed by atoms with Crippen LogP contribution in [0.3, 0.4) is 0 Å². The van der Waals surface area contributed by atoms with E-state index in [9.17, 15) is 4.79 Å². The number of para-hydroxylation sites is 1. The molecule has 0 amide bonds. The van der Waals surface area contributed by atoms with Crippen molar-refractivity contribution in [3.8, 4) is 11.5 Å². The molecule has 0 spiro atoms. The molecule has 0 fully saturated rings. The van der Waals surface area contributed by atoms with Gasteiger partial charge in [0.25, 0.3) is 0 Å². The van der Waals surface area contributed by atoms with Crippen LogP contribution < -0.4 is 9.47 Å². The molecule has 0 bridgehead atoms. The number of aryl methyl sites for hydroxylation is 1. The van der Waals surface area contributed by atoms with Gasteiger partial charge in [-0.25, -0.2) is 0 Å². The highest BCUT2D eigenvalue weighted by molar-refractivity contribution is 6.30. The summed E-state index contributed by atoms with van der Waals surface area (Å²) in [4.78, 5) is 15.3. The Morgan fingerprint density at radius 2 is 1.88 bits per heavy atom. The van der Waals surface area contributed by atoms with Crippen molar-refractivity contribution in [1.29, 1.82) is 0 Å². The fraction of sp³-hybridized carbons (Fsp3) is 0.148. The molecular formula is C27H21ClN2O3. The Kier molecular flexibility index (Phi) is 4.75. The molecule has 6 heteroatoms. The minimum atomic E-state index is -0.101. The molecule has 0 aliphatic carbocycles. The average molecular weight is 457 g/mol. The second kappa shape index (κ2) is 7.80. The molecule has 33 heavy (non-hydrogen) atoms. The van der Waals surface area contributed by atoms with Gasteiger partial charge in [0, 0.05) is 47.8 Å². The number of rotatable bonds is 3. The number of carbonyl (C=O) groups excluding carboxylic acids is 1. The Labute approximate surface area is 196 Å². The highest BCUT2D eigenvalue weighted by atomic mass is 35.5. The maximum atomic E-state index is 13.2. The number of benzene rings is 3. The summed E-state index contributed by atoms with van der Waals surface area (Å²) in [7, 11) is 2.00. The van der Waals surface area contributed by atoms with Crippen LogP contribution in [0.5, 0.6) is 11.5 Å². The van der Waals surface area contributed by atoms with Crippen LogP contribution >= 0.6 is 11.6 Å². The van der Waals surface area contributed by atoms with E-state index in [0.717, 1.165) is 33.3 Å². The van der Waals surface area contributed by atoms with Crippen molar-refractivity contribution in [3.63, 3.8) is 0 Å². The molecule has 6 rings (SSSR count). The molecule has 3 heterocycles. The largest absolute Gasteiger partial charge is 0.478 e. The highest BCUT2D eigenvalue weighted by Crippen LogP contribution is 2.42.